The van der Waals surface area contributed by atoms with Crippen LogP contribution in [0.15, 0.2) is 23.1 Å². The van der Waals surface area contributed by atoms with Gasteiger partial charge in [0.05, 0.1) is 4.90 Å². The van der Waals surface area contributed by atoms with Crippen LogP contribution in [-0.2, 0) is 10.0 Å². The van der Waals surface area contributed by atoms with Gasteiger partial charge in [0.15, 0.2) is 11.5 Å². The minimum absolute atomic E-state index is 0.295. The van der Waals surface area contributed by atoms with E-state index in [-0.39, 0.29) is 0 Å². The van der Waals surface area contributed by atoms with Crippen molar-refractivity contribution in [3.63, 3.8) is 0 Å². The van der Waals surface area contributed by atoms with Gasteiger partial charge in [-0.1, -0.05) is 6.42 Å². The van der Waals surface area contributed by atoms with Crippen molar-refractivity contribution in [2.75, 3.05) is 39.4 Å². The average molecular weight is 352 g/mol. The summed E-state index contributed by atoms with van der Waals surface area (Å²) in [6.45, 7) is 3.93. The standard InChI is InChI=1S/C17H24N2O4S/c20-24(21,15-5-6-16-17(13-15)23-12-11-22-16)19-8-2-7-18(9-10-19)14-3-1-4-14/h5-6,13-14H,1-4,7-12H2. The molecule has 4 rings (SSSR count). The Bertz CT molecular complexity index is 703. The number of rotatable bonds is 3. The molecule has 0 spiro atoms. The smallest absolute Gasteiger partial charge is 0.243 e. The van der Waals surface area contributed by atoms with Crippen LogP contribution in [-0.4, -0.2) is 63.1 Å². The SMILES string of the molecule is O=S(=O)(c1ccc2c(c1)OCCO2)N1CCCN(C2CCC2)CC1. The number of hydrogen-bond donors (Lipinski definition) is 0. The number of nitrogens with zero attached hydrogens (tertiary/aromatic N) is 2. The summed E-state index contributed by atoms with van der Waals surface area (Å²) in [5, 5.41) is 0. The van der Waals surface area contributed by atoms with Crippen LogP contribution in [0.1, 0.15) is 25.7 Å². The first-order chi connectivity index (χ1) is 11.6. The second kappa shape index (κ2) is 6.54. The van der Waals surface area contributed by atoms with Gasteiger partial charge in [-0.05, 0) is 37.9 Å². The highest BCUT2D eigenvalue weighted by Gasteiger charge is 2.31. The first-order valence-corrected chi connectivity index (χ1v) is 10.2. The predicted molar refractivity (Wildman–Crippen MR) is 90.0 cm³/mol. The Morgan fingerprint density at radius 1 is 0.917 bits per heavy atom. The fourth-order valence-electron chi connectivity index (χ4n) is 3.60. The third kappa shape index (κ3) is 3.00. The van der Waals surface area contributed by atoms with Crippen molar-refractivity contribution in [3.05, 3.63) is 18.2 Å². The van der Waals surface area contributed by atoms with Crippen LogP contribution in [0, 0.1) is 0 Å². The number of fused-ring (bicyclic) bond motifs is 1. The molecular weight excluding hydrogens is 328 g/mol. The summed E-state index contributed by atoms with van der Waals surface area (Å²) in [6, 6.07) is 5.58. The largest absolute Gasteiger partial charge is 0.486 e. The van der Waals surface area contributed by atoms with Crippen molar-refractivity contribution in [2.45, 2.75) is 36.6 Å². The van der Waals surface area contributed by atoms with Crippen molar-refractivity contribution < 1.29 is 17.9 Å². The number of benzene rings is 1. The van der Waals surface area contributed by atoms with Gasteiger partial charge < -0.3 is 9.47 Å². The number of hydrogen-bond acceptors (Lipinski definition) is 5. The molecule has 7 heteroatoms. The summed E-state index contributed by atoms with van der Waals surface area (Å²) < 4.78 is 38.6. The lowest BCUT2D eigenvalue weighted by molar-refractivity contribution is 0.134. The Hall–Kier alpha value is -1.31. The maximum Gasteiger partial charge on any atom is 0.243 e. The lowest BCUT2D eigenvalue weighted by Crippen LogP contribution is -2.42. The molecule has 0 amide bonds. The Labute approximate surface area is 143 Å². The molecule has 0 unspecified atom stereocenters. The van der Waals surface area contributed by atoms with Crippen LogP contribution in [0.3, 0.4) is 0 Å². The highest BCUT2D eigenvalue weighted by Crippen LogP contribution is 2.33. The molecule has 1 saturated carbocycles. The Balaban J connectivity index is 1.51. The van der Waals surface area contributed by atoms with E-state index in [1.807, 2.05) is 0 Å². The molecule has 0 bridgehead atoms. The zero-order valence-corrected chi connectivity index (χ0v) is 14.6. The Kier molecular flexibility index (Phi) is 4.40. The highest BCUT2D eigenvalue weighted by molar-refractivity contribution is 7.89. The molecule has 0 N–H and O–H groups in total. The van der Waals surface area contributed by atoms with E-state index in [4.69, 9.17) is 9.47 Å². The minimum atomic E-state index is -3.49. The predicted octanol–water partition coefficient (Wildman–Crippen LogP) is 1.71. The second-order valence-electron chi connectivity index (χ2n) is 6.68. The van der Waals surface area contributed by atoms with Crippen LogP contribution in [0.25, 0.3) is 0 Å². The molecule has 1 saturated heterocycles. The summed E-state index contributed by atoms with van der Waals surface area (Å²) in [5.74, 6) is 1.14. The molecule has 3 aliphatic rings. The van der Waals surface area contributed by atoms with E-state index in [0.717, 1.165) is 19.5 Å². The molecule has 24 heavy (non-hydrogen) atoms. The number of sulfonamides is 1. The van der Waals surface area contributed by atoms with E-state index in [9.17, 15) is 8.42 Å². The van der Waals surface area contributed by atoms with Gasteiger partial charge in [0.1, 0.15) is 13.2 Å². The minimum Gasteiger partial charge on any atom is -0.486 e. The molecule has 1 aromatic carbocycles. The molecular formula is C17H24N2O4S. The molecule has 2 fully saturated rings. The lowest BCUT2D eigenvalue weighted by Gasteiger charge is -2.36. The number of ether oxygens (including phenoxy) is 2. The first kappa shape index (κ1) is 16.2. The molecule has 6 nitrogen and oxygen atoms in total. The van der Waals surface area contributed by atoms with Crippen molar-refractivity contribution in [3.8, 4) is 11.5 Å². The van der Waals surface area contributed by atoms with E-state index in [1.54, 1.807) is 22.5 Å². The molecule has 1 aliphatic carbocycles. The normalized spacial score (nSPS) is 23.5. The van der Waals surface area contributed by atoms with Crippen LogP contribution >= 0.6 is 0 Å². The molecule has 0 atom stereocenters. The maximum absolute atomic E-state index is 13.0. The first-order valence-electron chi connectivity index (χ1n) is 8.78. The second-order valence-corrected chi connectivity index (χ2v) is 8.62. The van der Waals surface area contributed by atoms with Gasteiger partial charge in [-0.25, -0.2) is 8.42 Å². The summed E-state index contributed by atoms with van der Waals surface area (Å²) in [7, 11) is -3.49. The van der Waals surface area contributed by atoms with Crippen molar-refractivity contribution in [2.24, 2.45) is 0 Å². The molecule has 0 radical (unpaired) electrons. The van der Waals surface area contributed by atoms with Gasteiger partial charge in [-0.15, -0.1) is 0 Å². The van der Waals surface area contributed by atoms with E-state index in [0.29, 0.717) is 48.7 Å². The van der Waals surface area contributed by atoms with E-state index in [2.05, 4.69) is 4.90 Å². The van der Waals surface area contributed by atoms with Gasteiger partial charge in [0, 0.05) is 31.7 Å². The van der Waals surface area contributed by atoms with E-state index >= 15 is 0 Å². The summed E-state index contributed by atoms with van der Waals surface area (Å²) >= 11 is 0. The lowest BCUT2D eigenvalue weighted by atomic mass is 9.91. The van der Waals surface area contributed by atoms with Gasteiger partial charge >= 0.3 is 0 Å². The highest BCUT2D eigenvalue weighted by atomic mass is 32.2. The summed E-state index contributed by atoms with van der Waals surface area (Å²) in [6.07, 6.45) is 4.71. The van der Waals surface area contributed by atoms with Crippen molar-refractivity contribution in [1.82, 2.24) is 9.21 Å². The Morgan fingerprint density at radius 2 is 1.71 bits per heavy atom. The van der Waals surface area contributed by atoms with Crippen LogP contribution in [0.5, 0.6) is 11.5 Å². The fourth-order valence-corrected chi connectivity index (χ4v) is 5.09. The van der Waals surface area contributed by atoms with Gasteiger partial charge in [0.25, 0.3) is 0 Å². The van der Waals surface area contributed by atoms with Crippen LogP contribution in [0.2, 0.25) is 0 Å². The van der Waals surface area contributed by atoms with Crippen molar-refractivity contribution in [1.29, 1.82) is 0 Å². The molecule has 2 aliphatic heterocycles. The van der Waals surface area contributed by atoms with Gasteiger partial charge in [0.2, 0.25) is 10.0 Å². The van der Waals surface area contributed by atoms with E-state index < -0.39 is 10.0 Å². The third-order valence-corrected chi connectivity index (χ3v) is 7.13. The quantitative estimate of drug-likeness (QED) is 0.829. The molecule has 1 aromatic rings. The summed E-state index contributed by atoms with van der Waals surface area (Å²) in [5.41, 5.74) is 0. The van der Waals surface area contributed by atoms with Gasteiger partial charge in [-0.3, -0.25) is 4.90 Å². The monoisotopic (exact) mass is 352 g/mol. The Morgan fingerprint density at radius 3 is 2.46 bits per heavy atom. The van der Waals surface area contributed by atoms with Crippen molar-refractivity contribution >= 4 is 10.0 Å². The van der Waals surface area contributed by atoms with Crippen LogP contribution < -0.4 is 9.47 Å². The maximum atomic E-state index is 13.0. The third-order valence-electron chi connectivity index (χ3n) is 5.23. The fraction of sp³-hybridized carbons (Fsp3) is 0.647. The summed E-state index contributed by atoms with van der Waals surface area (Å²) in [4.78, 5) is 2.76. The topological polar surface area (TPSA) is 59.1 Å². The zero-order valence-electron chi connectivity index (χ0n) is 13.8. The van der Waals surface area contributed by atoms with E-state index in [1.165, 1.54) is 19.3 Å². The molecule has 0 aromatic heterocycles. The molecule has 2 heterocycles. The van der Waals surface area contributed by atoms with Gasteiger partial charge in [-0.2, -0.15) is 4.31 Å². The van der Waals surface area contributed by atoms with Crippen LogP contribution in [0.4, 0.5) is 0 Å². The average Bonchev–Trinajstić information content (AvgIpc) is 2.79. The molecule has 132 valence electrons. The zero-order chi connectivity index (χ0) is 16.6.